The van der Waals surface area contributed by atoms with Gasteiger partial charge in [-0.15, -0.1) is 0 Å². The van der Waals surface area contributed by atoms with Gasteiger partial charge in [-0.1, -0.05) is 6.07 Å². The summed E-state index contributed by atoms with van der Waals surface area (Å²) in [6.07, 6.45) is 5.14. The lowest BCUT2D eigenvalue weighted by atomic mass is 10.0. The van der Waals surface area contributed by atoms with Crippen molar-refractivity contribution in [1.29, 1.82) is 0 Å². The topological polar surface area (TPSA) is 104 Å². The number of amides is 1. The van der Waals surface area contributed by atoms with E-state index in [2.05, 4.69) is 25.3 Å². The third kappa shape index (κ3) is 3.23. The molecule has 0 unspecified atom stereocenters. The number of carbonyl (C=O) groups excluding carboxylic acids is 1. The minimum atomic E-state index is -0.187. The fourth-order valence-corrected chi connectivity index (χ4v) is 3.22. The molecule has 3 N–H and O–H groups in total. The number of H-pyrrole nitrogens is 1. The number of pyridine rings is 3. The highest BCUT2D eigenvalue weighted by atomic mass is 16.3. The van der Waals surface area contributed by atoms with Crippen molar-refractivity contribution in [3.63, 3.8) is 0 Å². The van der Waals surface area contributed by atoms with E-state index in [0.717, 1.165) is 44.7 Å². The minimum absolute atomic E-state index is 0.0992. The summed E-state index contributed by atoms with van der Waals surface area (Å²) in [5.74, 6) is 0.278. The normalized spacial score (nSPS) is 11.0. The number of anilines is 1. The molecule has 7 heteroatoms. The van der Waals surface area contributed by atoms with Crippen LogP contribution >= 0.6 is 0 Å². The summed E-state index contributed by atoms with van der Waals surface area (Å²) in [5.41, 5.74) is 6.67. The molecule has 7 nitrogen and oxygen atoms in total. The summed E-state index contributed by atoms with van der Waals surface area (Å²) in [6.45, 7) is 3.28. The van der Waals surface area contributed by atoms with E-state index in [9.17, 15) is 9.90 Å². The molecular formula is C21H19N5O2. The maximum absolute atomic E-state index is 11.4. The van der Waals surface area contributed by atoms with Crippen molar-refractivity contribution in [3.8, 4) is 22.4 Å². The Morgan fingerprint density at radius 3 is 2.64 bits per heavy atom. The predicted molar refractivity (Wildman–Crippen MR) is 108 cm³/mol. The Bertz CT molecular complexity index is 1170. The van der Waals surface area contributed by atoms with E-state index in [1.807, 2.05) is 31.3 Å². The van der Waals surface area contributed by atoms with Gasteiger partial charge in [-0.2, -0.15) is 0 Å². The minimum Gasteiger partial charge on any atom is -0.392 e. The van der Waals surface area contributed by atoms with Gasteiger partial charge in [-0.25, -0.2) is 4.98 Å². The second-order valence-electron chi connectivity index (χ2n) is 6.53. The van der Waals surface area contributed by atoms with E-state index in [1.54, 1.807) is 24.5 Å². The average Bonchev–Trinajstić information content (AvgIpc) is 3.08. The molecule has 4 rings (SSSR count). The van der Waals surface area contributed by atoms with Crippen LogP contribution < -0.4 is 5.32 Å². The molecule has 0 spiro atoms. The number of nitrogens with one attached hydrogen (secondary N) is 2. The first-order chi connectivity index (χ1) is 13.6. The van der Waals surface area contributed by atoms with Crippen molar-refractivity contribution >= 4 is 22.8 Å². The molecule has 0 atom stereocenters. The molecule has 0 aliphatic rings. The molecule has 0 bridgehead atoms. The van der Waals surface area contributed by atoms with Crippen LogP contribution in [0.2, 0.25) is 0 Å². The fraction of sp³-hybridized carbons (Fsp3) is 0.143. The van der Waals surface area contributed by atoms with E-state index >= 15 is 0 Å². The molecule has 1 amide bonds. The summed E-state index contributed by atoms with van der Waals surface area (Å²) in [5, 5.41) is 12.4. The Balaban J connectivity index is 1.98. The van der Waals surface area contributed by atoms with Crippen molar-refractivity contribution in [2.75, 3.05) is 5.32 Å². The Hall–Kier alpha value is -3.58. The van der Waals surface area contributed by atoms with Crippen LogP contribution in [0.3, 0.4) is 0 Å². The maximum atomic E-state index is 11.4. The molecule has 4 aromatic rings. The van der Waals surface area contributed by atoms with Gasteiger partial charge in [0.1, 0.15) is 5.82 Å². The SMILES string of the molecule is CC(=O)Nc1cc(-c2[nH]c3c(CO)ccnc3c2-c2ccc(C)nc2)ccn1. The molecule has 0 aliphatic carbocycles. The number of aromatic amines is 1. The van der Waals surface area contributed by atoms with Crippen LogP contribution in [0.1, 0.15) is 18.2 Å². The summed E-state index contributed by atoms with van der Waals surface area (Å²) in [4.78, 5) is 28.0. The van der Waals surface area contributed by atoms with E-state index < -0.39 is 0 Å². The van der Waals surface area contributed by atoms with Gasteiger partial charge in [0.05, 0.1) is 23.3 Å². The van der Waals surface area contributed by atoms with Gasteiger partial charge in [0.15, 0.2) is 0 Å². The Labute approximate surface area is 161 Å². The number of fused-ring (bicyclic) bond motifs is 1. The largest absolute Gasteiger partial charge is 0.392 e. The highest BCUT2D eigenvalue weighted by Crippen LogP contribution is 2.38. The molecule has 0 radical (unpaired) electrons. The van der Waals surface area contributed by atoms with Crippen LogP contribution in [0.5, 0.6) is 0 Å². The van der Waals surface area contributed by atoms with E-state index in [0.29, 0.717) is 5.82 Å². The number of hydrogen-bond donors (Lipinski definition) is 3. The molecule has 0 aliphatic heterocycles. The van der Waals surface area contributed by atoms with E-state index in [-0.39, 0.29) is 12.5 Å². The molecule has 140 valence electrons. The predicted octanol–water partition coefficient (Wildman–Crippen LogP) is 3.45. The zero-order valence-electron chi connectivity index (χ0n) is 15.5. The molecule has 0 fully saturated rings. The maximum Gasteiger partial charge on any atom is 0.222 e. The standard InChI is InChI=1S/C21H19N5O2/c1-12-3-4-15(10-24-12)18-19(14-5-7-22-17(9-14)25-13(2)28)26-20-16(11-27)6-8-23-21(18)20/h3-10,26-27H,11H2,1-2H3,(H,22,25,28). The van der Waals surface area contributed by atoms with Crippen LogP contribution in [0.25, 0.3) is 33.4 Å². The lowest BCUT2D eigenvalue weighted by Gasteiger charge is -2.07. The van der Waals surface area contributed by atoms with Gasteiger partial charge < -0.3 is 15.4 Å². The van der Waals surface area contributed by atoms with Gasteiger partial charge >= 0.3 is 0 Å². The second kappa shape index (κ2) is 7.21. The van der Waals surface area contributed by atoms with E-state index in [1.165, 1.54) is 6.92 Å². The molecule has 28 heavy (non-hydrogen) atoms. The molecule has 0 saturated heterocycles. The van der Waals surface area contributed by atoms with Gasteiger partial charge in [0.25, 0.3) is 0 Å². The smallest absolute Gasteiger partial charge is 0.222 e. The van der Waals surface area contributed by atoms with Crippen molar-refractivity contribution in [1.82, 2.24) is 19.9 Å². The average molecular weight is 373 g/mol. The van der Waals surface area contributed by atoms with Crippen molar-refractivity contribution < 1.29 is 9.90 Å². The highest BCUT2D eigenvalue weighted by Gasteiger charge is 2.19. The number of carbonyl (C=O) groups is 1. The van der Waals surface area contributed by atoms with Crippen molar-refractivity contribution in [2.24, 2.45) is 0 Å². The summed E-state index contributed by atoms with van der Waals surface area (Å²) >= 11 is 0. The number of rotatable bonds is 4. The molecule has 0 aromatic carbocycles. The zero-order chi connectivity index (χ0) is 19.7. The Morgan fingerprint density at radius 2 is 1.93 bits per heavy atom. The van der Waals surface area contributed by atoms with Crippen LogP contribution in [0.4, 0.5) is 5.82 Å². The van der Waals surface area contributed by atoms with Gasteiger partial charge in [-0.3, -0.25) is 14.8 Å². The monoisotopic (exact) mass is 373 g/mol. The van der Waals surface area contributed by atoms with Crippen LogP contribution in [-0.2, 0) is 11.4 Å². The number of aryl methyl sites for hydroxylation is 1. The molecule has 4 aromatic heterocycles. The molecule has 4 heterocycles. The third-order valence-electron chi connectivity index (χ3n) is 4.50. The second-order valence-corrected chi connectivity index (χ2v) is 6.53. The fourth-order valence-electron chi connectivity index (χ4n) is 3.22. The number of aliphatic hydroxyl groups is 1. The summed E-state index contributed by atoms with van der Waals surface area (Å²) in [7, 11) is 0. The van der Waals surface area contributed by atoms with Gasteiger partial charge in [0.2, 0.25) is 5.91 Å². The number of aliphatic hydroxyl groups excluding tert-OH is 1. The van der Waals surface area contributed by atoms with Gasteiger partial charge in [0, 0.05) is 53.5 Å². The summed E-state index contributed by atoms with van der Waals surface area (Å²) < 4.78 is 0. The lowest BCUT2D eigenvalue weighted by molar-refractivity contribution is -0.114. The highest BCUT2D eigenvalue weighted by molar-refractivity contribution is 6.02. The lowest BCUT2D eigenvalue weighted by Crippen LogP contribution is -2.07. The number of hydrogen-bond acceptors (Lipinski definition) is 5. The summed E-state index contributed by atoms with van der Waals surface area (Å²) in [6, 6.07) is 9.39. The van der Waals surface area contributed by atoms with E-state index in [4.69, 9.17) is 0 Å². The zero-order valence-corrected chi connectivity index (χ0v) is 15.5. The van der Waals surface area contributed by atoms with Crippen LogP contribution in [0.15, 0.2) is 48.9 Å². The van der Waals surface area contributed by atoms with Gasteiger partial charge in [-0.05, 0) is 31.2 Å². The van der Waals surface area contributed by atoms with Crippen LogP contribution in [-0.4, -0.2) is 30.9 Å². The third-order valence-corrected chi connectivity index (χ3v) is 4.50. The molecule has 0 saturated carbocycles. The van der Waals surface area contributed by atoms with Crippen LogP contribution in [0, 0.1) is 6.92 Å². The first-order valence-corrected chi connectivity index (χ1v) is 8.84. The number of aromatic nitrogens is 4. The Morgan fingerprint density at radius 1 is 1.11 bits per heavy atom. The number of nitrogens with zero attached hydrogens (tertiary/aromatic N) is 3. The quantitative estimate of drug-likeness (QED) is 0.508. The first kappa shape index (κ1) is 17.8. The first-order valence-electron chi connectivity index (χ1n) is 8.84. The van der Waals surface area contributed by atoms with Crippen molar-refractivity contribution in [3.05, 3.63) is 60.2 Å². The Kier molecular flexibility index (Phi) is 4.58. The van der Waals surface area contributed by atoms with Crippen molar-refractivity contribution in [2.45, 2.75) is 20.5 Å². The molecular weight excluding hydrogens is 354 g/mol.